The van der Waals surface area contributed by atoms with E-state index in [9.17, 15) is 13.6 Å². The molecule has 4 nitrogen and oxygen atoms in total. The fourth-order valence-electron chi connectivity index (χ4n) is 1.37. The summed E-state index contributed by atoms with van der Waals surface area (Å²) < 4.78 is 25.9. The first kappa shape index (κ1) is 14.5. The van der Waals surface area contributed by atoms with Gasteiger partial charge in [0.05, 0.1) is 11.0 Å². The van der Waals surface area contributed by atoms with Crippen molar-refractivity contribution >= 4 is 23.2 Å². The van der Waals surface area contributed by atoms with E-state index in [0.717, 1.165) is 18.2 Å². The van der Waals surface area contributed by atoms with Crippen LogP contribution in [0.3, 0.4) is 0 Å². The summed E-state index contributed by atoms with van der Waals surface area (Å²) in [5.41, 5.74) is 6.05. The number of carboxylic acids is 1. The zero-order valence-electron chi connectivity index (χ0n) is 9.32. The van der Waals surface area contributed by atoms with Gasteiger partial charge in [-0.1, -0.05) is 12.2 Å². The van der Waals surface area contributed by atoms with Crippen LogP contribution in [0.1, 0.15) is 5.56 Å². The van der Waals surface area contributed by atoms with Crippen LogP contribution in [-0.4, -0.2) is 28.7 Å². The number of hydrogen-bond acceptors (Lipinski definition) is 3. The molecule has 0 radical (unpaired) electrons. The lowest BCUT2D eigenvalue weighted by Crippen LogP contribution is -2.42. The van der Waals surface area contributed by atoms with Crippen molar-refractivity contribution in [1.82, 2.24) is 5.32 Å². The van der Waals surface area contributed by atoms with Crippen LogP contribution in [0.25, 0.3) is 0 Å². The Bertz CT molecular complexity index is 448. The van der Waals surface area contributed by atoms with Gasteiger partial charge in [0.15, 0.2) is 0 Å². The van der Waals surface area contributed by atoms with Crippen molar-refractivity contribution in [3.05, 3.63) is 35.4 Å². The van der Waals surface area contributed by atoms with E-state index in [1.165, 1.54) is 0 Å². The van der Waals surface area contributed by atoms with Gasteiger partial charge in [-0.2, -0.15) is 0 Å². The Morgan fingerprint density at radius 3 is 2.44 bits per heavy atom. The van der Waals surface area contributed by atoms with E-state index < -0.39 is 23.6 Å². The fraction of sp³-hybridized carbons (Fsp3) is 0.273. The third kappa shape index (κ3) is 4.72. The highest BCUT2D eigenvalue weighted by atomic mass is 32.1. The fourth-order valence-corrected chi connectivity index (χ4v) is 1.52. The van der Waals surface area contributed by atoms with Crippen molar-refractivity contribution in [3.8, 4) is 0 Å². The Morgan fingerprint density at radius 1 is 1.39 bits per heavy atom. The summed E-state index contributed by atoms with van der Waals surface area (Å²) in [4.78, 5) is 10.5. The van der Waals surface area contributed by atoms with Crippen LogP contribution in [0.2, 0.25) is 0 Å². The average Bonchev–Trinajstić information content (AvgIpc) is 2.24. The second-order valence-corrected chi connectivity index (χ2v) is 4.14. The Morgan fingerprint density at radius 2 is 1.94 bits per heavy atom. The molecule has 0 bridgehead atoms. The standard InChI is InChI=1S/C11H12F2N2O2S/c12-7-1-6(2-8(13)4-7)3-9(14)11(18)15-5-10(16)17/h1-2,4,9H,3,5,14H2,(H,15,18)(H,16,17)/t9-/m0/s1. The molecule has 0 amide bonds. The van der Waals surface area contributed by atoms with Crippen LogP contribution in [0.15, 0.2) is 18.2 Å². The smallest absolute Gasteiger partial charge is 0.322 e. The molecule has 4 N–H and O–H groups in total. The van der Waals surface area contributed by atoms with E-state index in [1.54, 1.807) is 0 Å². The SMILES string of the molecule is N[C@@H](Cc1cc(F)cc(F)c1)C(=S)NCC(=O)O. The molecule has 0 aromatic heterocycles. The maximum Gasteiger partial charge on any atom is 0.322 e. The maximum atomic E-state index is 12.9. The highest BCUT2D eigenvalue weighted by molar-refractivity contribution is 7.80. The summed E-state index contributed by atoms with van der Waals surface area (Å²) in [5, 5.41) is 10.9. The Labute approximate surface area is 108 Å². The van der Waals surface area contributed by atoms with Gasteiger partial charge in [-0.25, -0.2) is 8.78 Å². The predicted molar refractivity (Wildman–Crippen MR) is 66.3 cm³/mol. The number of thiocarbonyl (C=S) groups is 1. The minimum atomic E-state index is -1.07. The first-order valence-corrected chi connectivity index (χ1v) is 5.49. The zero-order valence-corrected chi connectivity index (χ0v) is 10.1. The molecular weight excluding hydrogens is 262 g/mol. The Kier molecular flexibility index (Phi) is 5.11. The van der Waals surface area contributed by atoms with Gasteiger partial charge in [-0.05, 0) is 24.1 Å². The summed E-state index contributed by atoms with van der Waals surface area (Å²) in [5.74, 6) is -2.45. The lowest BCUT2D eigenvalue weighted by Gasteiger charge is -2.14. The van der Waals surface area contributed by atoms with Gasteiger partial charge in [0.2, 0.25) is 0 Å². The summed E-state index contributed by atoms with van der Waals surface area (Å²) in [6.07, 6.45) is 0.125. The average molecular weight is 274 g/mol. The number of carboxylic acid groups (broad SMARTS) is 1. The topological polar surface area (TPSA) is 75.3 Å². The second kappa shape index (κ2) is 6.36. The van der Waals surface area contributed by atoms with Crippen molar-refractivity contribution in [1.29, 1.82) is 0 Å². The van der Waals surface area contributed by atoms with E-state index in [4.69, 9.17) is 23.1 Å². The maximum absolute atomic E-state index is 12.9. The lowest BCUT2D eigenvalue weighted by atomic mass is 10.1. The highest BCUT2D eigenvalue weighted by Gasteiger charge is 2.12. The third-order valence-corrected chi connectivity index (χ3v) is 2.58. The molecule has 0 fully saturated rings. The lowest BCUT2D eigenvalue weighted by molar-refractivity contribution is -0.135. The Hall–Kier alpha value is -1.60. The first-order valence-electron chi connectivity index (χ1n) is 5.08. The zero-order chi connectivity index (χ0) is 13.7. The number of aliphatic carboxylic acids is 1. The molecule has 0 aliphatic carbocycles. The molecule has 1 rings (SSSR count). The van der Waals surface area contributed by atoms with E-state index in [0.29, 0.717) is 5.56 Å². The van der Waals surface area contributed by atoms with Crippen LogP contribution < -0.4 is 11.1 Å². The van der Waals surface area contributed by atoms with Gasteiger partial charge in [-0.3, -0.25) is 4.79 Å². The summed E-state index contributed by atoms with van der Waals surface area (Å²) in [6.45, 7) is -0.343. The normalized spacial score (nSPS) is 11.9. The van der Waals surface area contributed by atoms with Gasteiger partial charge in [-0.15, -0.1) is 0 Å². The molecule has 0 saturated carbocycles. The number of nitrogens with one attached hydrogen (secondary N) is 1. The molecule has 0 aliphatic rings. The second-order valence-electron chi connectivity index (χ2n) is 3.70. The number of rotatable bonds is 5. The van der Waals surface area contributed by atoms with Gasteiger partial charge in [0, 0.05) is 6.07 Å². The van der Waals surface area contributed by atoms with E-state index in [2.05, 4.69) is 5.32 Å². The number of nitrogens with two attached hydrogens (primary N) is 1. The molecule has 18 heavy (non-hydrogen) atoms. The van der Waals surface area contributed by atoms with Crippen LogP contribution in [0, 0.1) is 11.6 Å². The van der Waals surface area contributed by atoms with Gasteiger partial charge >= 0.3 is 5.97 Å². The molecular formula is C11H12F2N2O2S. The number of carbonyl (C=O) groups is 1. The van der Waals surface area contributed by atoms with Crippen molar-refractivity contribution < 1.29 is 18.7 Å². The molecule has 0 heterocycles. The minimum Gasteiger partial charge on any atom is -0.480 e. The molecule has 1 atom stereocenters. The van der Waals surface area contributed by atoms with Crippen molar-refractivity contribution in [2.24, 2.45) is 5.73 Å². The molecule has 0 unspecified atom stereocenters. The first-order chi connectivity index (χ1) is 8.38. The van der Waals surface area contributed by atoms with E-state index >= 15 is 0 Å². The van der Waals surface area contributed by atoms with Crippen molar-refractivity contribution in [2.45, 2.75) is 12.5 Å². The molecule has 1 aromatic rings. The number of halogens is 2. The van der Waals surface area contributed by atoms with Crippen LogP contribution in [0.5, 0.6) is 0 Å². The van der Waals surface area contributed by atoms with Crippen LogP contribution >= 0.6 is 12.2 Å². The van der Waals surface area contributed by atoms with Gasteiger partial charge < -0.3 is 16.2 Å². The largest absolute Gasteiger partial charge is 0.480 e. The highest BCUT2D eigenvalue weighted by Crippen LogP contribution is 2.09. The predicted octanol–water partition coefficient (Wildman–Crippen LogP) is 0.836. The summed E-state index contributed by atoms with van der Waals surface area (Å²) >= 11 is 4.87. The monoisotopic (exact) mass is 274 g/mol. The molecule has 0 saturated heterocycles. The minimum absolute atomic E-state index is 0.125. The molecule has 7 heteroatoms. The van der Waals surface area contributed by atoms with Crippen LogP contribution in [0.4, 0.5) is 8.78 Å². The molecule has 98 valence electrons. The Balaban J connectivity index is 2.60. The molecule has 0 spiro atoms. The van der Waals surface area contributed by atoms with Gasteiger partial charge in [0.1, 0.15) is 18.2 Å². The van der Waals surface area contributed by atoms with Crippen LogP contribution in [-0.2, 0) is 11.2 Å². The van der Waals surface area contributed by atoms with E-state index in [1.807, 2.05) is 0 Å². The molecule has 0 aliphatic heterocycles. The third-order valence-electron chi connectivity index (χ3n) is 2.13. The summed E-state index contributed by atoms with van der Waals surface area (Å²) in [7, 11) is 0. The van der Waals surface area contributed by atoms with E-state index in [-0.39, 0.29) is 18.0 Å². The number of benzene rings is 1. The quantitative estimate of drug-likeness (QED) is 0.694. The van der Waals surface area contributed by atoms with Crippen molar-refractivity contribution in [2.75, 3.05) is 6.54 Å². The van der Waals surface area contributed by atoms with Crippen molar-refractivity contribution in [3.63, 3.8) is 0 Å². The number of hydrogen-bond donors (Lipinski definition) is 3. The molecule has 1 aromatic carbocycles. The van der Waals surface area contributed by atoms with Gasteiger partial charge in [0.25, 0.3) is 0 Å². The summed E-state index contributed by atoms with van der Waals surface area (Å²) in [6, 6.07) is 2.38.